The summed E-state index contributed by atoms with van der Waals surface area (Å²) in [7, 11) is 0. The van der Waals surface area contributed by atoms with Gasteiger partial charge in [-0.2, -0.15) is 0 Å². The van der Waals surface area contributed by atoms with Gasteiger partial charge in [0.1, 0.15) is 0 Å². The van der Waals surface area contributed by atoms with Crippen molar-refractivity contribution in [1.29, 1.82) is 0 Å². The number of ether oxygens (including phenoxy) is 1. The highest BCUT2D eigenvalue weighted by atomic mass is 16.7. The summed E-state index contributed by atoms with van der Waals surface area (Å²) in [5.41, 5.74) is 0. The van der Waals surface area contributed by atoms with Crippen molar-refractivity contribution in [2.45, 2.75) is 18.9 Å². The van der Waals surface area contributed by atoms with Crippen molar-refractivity contribution >= 4 is 0 Å². The molecule has 0 aromatic heterocycles. The van der Waals surface area contributed by atoms with E-state index in [0.29, 0.717) is 6.10 Å². The van der Waals surface area contributed by atoms with Crippen LogP contribution in [0.15, 0.2) is 12.7 Å². The van der Waals surface area contributed by atoms with E-state index in [1.54, 1.807) is 6.08 Å². The van der Waals surface area contributed by atoms with Gasteiger partial charge in [-0.1, -0.05) is 6.08 Å². The molecular formula is C7H11O. The Kier molecular flexibility index (Phi) is 2.10. The molecule has 0 N–H and O–H groups in total. The molecule has 1 rings (SSSR count). The molecule has 45 valence electrons. The van der Waals surface area contributed by atoms with E-state index in [0.717, 1.165) is 6.61 Å². The highest BCUT2D eigenvalue weighted by Crippen LogP contribution is 2.13. The summed E-state index contributed by atoms with van der Waals surface area (Å²) in [5, 5.41) is 0. The van der Waals surface area contributed by atoms with Crippen LogP contribution < -0.4 is 0 Å². The van der Waals surface area contributed by atoms with Crippen LogP contribution in [0, 0.1) is 6.42 Å². The Balaban J connectivity index is 2.14. The molecule has 0 saturated carbocycles. The minimum absolute atomic E-state index is 0.368. The fourth-order valence-corrected chi connectivity index (χ4v) is 0.906. The monoisotopic (exact) mass is 113 g/mol. The molecule has 0 amide bonds. The van der Waals surface area contributed by atoms with Gasteiger partial charge in [-0.25, -0.2) is 0 Å². The molecule has 0 aliphatic carbocycles. The first kappa shape index (κ1) is 5.83. The van der Waals surface area contributed by atoms with Gasteiger partial charge in [-0.15, -0.1) is 6.58 Å². The largest absolute Gasteiger partial charge is 0.378 e. The van der Waals surface area contributed by atoms with E-state index in [9.17, 15) is 0 Å². The maximum absolute atomic E-state index is 5.27. The summed E-state index contributed by atoms with van der Waals surface area (Å²) in [4.78, 5) is 0. The molecule has 1 atom stereocenters. The van der Waals surface area contributed by atoms with Crippen molar-refractivity contribution in [3.8, 4) is 0 Å². The van der Waals surface area contributed by atoms with Crippen molar-refractivity contribution in [1.82, 2.24) is 0 Å². The van der Waals surface area contributed by atoms with Gasteiger partial charge in [0.25, 0.3) is 0 Å². The smallest absolute Gasteiger partial charge is 0.0645 e. The van der Waals surface area contributed by atoms with Gasteiger partial charge < -0.3 is 4.74 Å². The van der Waals surface area contributed by atoms with Crippen molar-refractivity contribution < 1.29 is 4.74 Å². The number of rotatable bonds is 2. The lowest BCUT2D eigenvalue weighted by Gasteiger charge is -2.01. The molecule has 1 unspecified atom stereocenters. The first-order valence-corrected chi connectivity index (χ1v) is 3.01. The predicted octanol–water partition coefficient (Wildman–Crippen LogP) is 1.56. The molecular weight excluding hydrogens is 102 g/mol. The summed E-state index contributed by atoms with van der Waals surface area (Å²) in [6, 6.07) is 0. The molecule has 0 aromatic rings. The van der Waals surface area contributed by atoms with E-state index in [-0.39, 0.29) is 0 Å². The van der Waals surface area contributed by atoms with Gasteiger partial charge in [0, 0.05) is 13.0 Å². The second kappa shape index (κ2) is 2.88. The second-order valence-corrected chi connectivity index (χ2v) is 1.98. The molecule has 1 aliphatic rings. The van der Waals surface area contributed by atoms with E-state index in [1.165, 1.54) is 12.8 Å². The number of hydrogen-bond acceptors (Lipinski definition) is 1. The summed E-state index contributed by atoms with van der Waals surface area (Å²) in [6.45, 7) is 4.51. The quantitative estimate of drug-likeness (QED) is 0.528. The van der Waals surface area contributed by atoms with E-state index >= 15 is 0 Å². The third-order valence-electron chi connectivity index (χ3n) is 1.32. The average Bonchev–Trinajstić information content (AvgIpc) is 2.19. The molecule has 0 aromatic carbocycles. The Morgan fingerprint density at radius 2 is 2.50 bits per heavy atom. The molecule has 1 heterocycles. The van der Waals surface area contributed by atoms with Crippen molar-refractivity contribution in [3.63, 3.8) is 0 Å². The molecule has 8 heavy (non-hydrogen) atoms. The zero-order chi connectivity index (χ0) is 5.82. The van der Waals surface area contributed by atoms with E-state index in [4.69, 9.17) is 4.74 Å². The fourth-order valence-electron chi connectivity index (χ4n) is 0.906. The van der Waals surface area contributed by atoms with Crippen LogP contribution >= 0.6 is 0 Å². The minimum Gasteiger partial charge on any atom is -0.378 e. The third-order valence-corrected chi connectivity index (χ3v) is 1.32. The highest BCUT2D eigenvalue weighted by molar-refractivity contribution is 4.94. The standard InChI is InChI=1S/C7H11O/c1-2-4-7-5-3-6-8-7/h2,4,7H,1,3,5-6H2/i7+2. The molecule has 0 spiro atoms. The van der Waals surface area contributed by atoms with Crippen LogP contribution in [0.3, 0.4) is 0 Å². The van der Waals surface area contributed by atoms with Gasteiger partial charge in [0.2, 0.25) is 0 Å². The van der Waals surface area contributed by atoms with E-state index < -0.39 is 0 Å². The van der Waals surface area contributed by atoms with E-state index in [1.807, 2.05) is 6.42 Å². The summed E-state index contributed by atoms with van der Waals surface area (Å²) in [5.74, 6) is 0. The van der Waals surface area contributed by atoms with Crippen LogP contribution in [0.5, 0.6) is 0 Å². The fraction of sp³-hybridized carbons (Fsp3) is 0.571. The van der Waals surface area contributed by atoms with Crippen molar-refractivity contribution in [2.75, 3.05) is 6.61 Å². The Morgan fingerprint density at radius 3 is 3.00 bits per heavy atom. The molecule has 1 fully saturated rings. The van der Waals surface area contributed by atoms with Gasteiger partial charge >= 0.3 is 0 Å². The average molecular weight is 113 g/mol. The zero-order valence-corrected chi connectivity index (χ0v) is 4.97. The van der Waals surface area contributed by atoms with Gasteiger partial charge in [0.05, 0.1) is 6.10 Å². The second-order valence-electron chi connectivity index (χ2n) is 1.98. The Bertz CT molecular complexity index is 72.5. The lowest BCUT2D eigenvalue weighted by atomic mass is 10.5. The summed E-state index contributed by atoms with van der Waals surface area (Å²) < 4.78 is 5.27. The Labute approximate surface area is 50.3 Å². The van der Waals surface area contributed by atoms with E-state index in [2.05, 4.69) is 6.58 Å². The molecule has 1 nitrogen and oxygen atoms in total. The Morgan fingerprint density at radius 1 is 1.62 bits per heavy atom. The normalized spacial score (nSPS) is 28.2. The van der Waals surface area contributed by atoms with Crippen LogP contribution in [-0.4, -0.2) is 12.7 Å². The maximum atomic E-state index is 5.27. The van der Waals surface area contributed by atoms with Crippen LogP contribution in [0.2, 0.25) is 0 Å². The highest BCUT2D eigenvalue weighted by Gasteiger charge is 2.12. The molecule has 0 bridgehead atoms. The summed E-state index contributed by atoms with van der Waals surface area (Å²) in [6.07, 6.45) is 6.55. The SMILES string of the molecule is C=C[CH][14CH]1CCCO1. The zero-order valence-electron chi connectivity index (χ0n) is 4.97. The lowest BCUT2D eigenvalue weighted by Crippen LogP contribution is -2.02. The van der Waals surface area contributed by atoms with Crippen LogP contribution in [0.25, 0.3) is 0 Å². The Hall–Kier alpha value is -0.300. The molecule has 1 radical (unpaired) electrons. The molecule has 1 heteroatoms. The lowest BCUT2D eigenvalue weighted by molar-refractivity contribution is 0.137. The number of hydrogen-bond donors (Lipinski definition) is 0. The van der Waals surface area contributed by atoms with Crippen molar-refractivity contribution in [2.24, 2.45) is 0 Å². The first-order chi connectivity index (χ1) is 3.93. The van der Waals surface area contributed by atoms with Crippen LogP contribution in [0.1, 0.15) is 12.8 Å². The van der Waals surface area contributed by atoms with Crippen LogP contribution in [-0.2, 0) is 4.74 Å². The third kappa shape index (κ3) is 1.34. The van der Waals surface area contributed by atoms with Gasteiger partial charge in [-0.3, -0.25) is 0 Å². The first-order valence-electron chi connectivity index (χ1n) is 3.01. The van der Waals surface area contributed by atoms with Crippen LogP contribution in [0.4, 0.5) is 0 Å². The summed E-state index contributed by atoms with van der Waals surface area (Å²) >= 11 is 0. The van der Waals surface area contributed by atoms with Gasteiger partial charge in [0.15, 0.2) is 0 Å². The van der Waals surface area contributed by atoms with Crippen molar-refractivity contribution in [3.05, 3.63) is 19.1 Å². The van der Waals surface area contributed by atoms with Gasteiger partial charge in [-0.05, 0) is 12.8 Å². The topological polar surface area (TPSA) is 9.23 Å². The molecule has 1 saturated heterocycles. The molecule has 1 aliphatic heterocycles. The predicted molar refractivity (Wildman–Crippen MR) is 33.5 cm³/mol. The minimum atomic E-state index is 0.368. The maximum Gasteiger partial charge on any atom is 0.0645 e.